The number of halogens is 2. The van der Waals surface area contributed by atoms with E-state index in [1.54, 1.807) is 31.5 Å². The highest BCUT2D eigenvalue weighted by Gasteiger charge is 2.04. The van der Waals surface area contributed by atoms with Crippen molar-refractivity contribution in [1.29, 1.82) is 0 Å². The minimum Gasteiger partial charge on any atom is -0.496 e. The molecule has 108 valence electrons. The van der Waals surface area contributed by atoms with Gasteiger partial charge in [0.25, 0.3) is 5.91 Å². The van der Waals surface area contributed by atoms with E-state index in [1.165, 1.54) is 0 Å². The summed E-state index contributed by atoms with van der Waals surface area (Å²) in [6.45, 7) is 0. The monoisotopic (exact) mass is 458 g/mol. The summed E-state index contributed by atoms with van der Waals surface area (Å²) in [6.07, 6.45) is 1.59. The second kappa shape index (κ2) is 7.56. The predicted octanol–water partition coefficient (Wildman–Crippen LogP) is 3.83. The molecule has 0 aliphatic rings. The molecule has 2 aromatic carbocycles. The Morgan fingerprint density at radius 3 is 2.81 bits per heavy atom. The molecule has 0 aliphatic carbocycles. The molecule has 0 aliphatic heterocycles. The zero-order valence-electron chi connectivity index (χ0n) is 11.1. The van der Waals surface area contributed by atoms with Gasteiger partial charge in [0.05, 0.1) is 16.9 Å². The van der Waals surface area contributed by atoms with Crippen molar-refractivity contribution in [2.24, 2.45) is 5.10 Å². The van der Waals surface area contributed by atoms with E-state index in [4.69, 9.17) is 4.74 Å². The van der Waals surface area contributed by atoms with E-state index >= 15 is 0 Å². The predicted molar refractivity (Wildman–Crippen MR) is 94.9 cm³/mol. The summed E-state index contributed by atoms with van der Waals surface area (Å²) in [6, 6.07) is 12.8. The Labute approximate surface area is 144 Å². The fourth-order valence-corrected chi connectivity index (χ4v) is 2.78. The Morgan fingerprint density at radius 1 is 1.33 bits per heavy atom. The molecule has 4 nitrogen and oxygen atoms in total. The van der Waals surface area contributed by atoms with Crippen LogP contribution < -0.4 is 10.2 Å². The lowest BCUT2D eigenvalue weighted by molar-refractivity contribution is 0.0955. The van der Waals surface area contributed by atoms with Crippen molar-refractivity contribution in [3.8, 4) is 5.75 Å². The van der Waals surface area contributed by atoms with Crippen LogP contribution in [0.25, 0.3) is 0 Å². The third kappa shape index (κ3) is 4.53. The molecular formula is C15H12BrIN2O2. The summed E-state index contributed by atoms with van der Waals surface area (Å²) in [5, 5.41) is 3.96. The number of nitrogens with one attached hydrogen (secondary N) is 1. The van der Waals surface area contributed by atoms with Crippen LogP contribution in [0.2, 0.25) is 0 Å². The van der Waals surface area contributed by atoms with Gasteiger partial charge in [0, 0.05) is 10.0 Å². The van der Waals surface area contributed by atoms with Crippen LogP contribution in [0.1, 0.15) is 15.9 Å². The fourth-order valence-electron chi connectivity index (χ4n) is 1.62. The first-order chi connectivity index (χ1) is 10.1. The number of ether oxygens (including phenoxy) is 1. The molecule has 0 heterocycles. The summed E-state index contributed by atoms with van der Waals surface area (Å²) < 4.78 is 7.02. The zero-order valence-corrected chi connectivity index (χ0v) is 14.9. The van der Waals surface area contributed by atoms with Crippen molar-refractivity contribution >= 4 is 50.6 Å². The molecule has 0 saturated heterocycles. The molecule has 0 aromatic heterocycles. The molecule has 1 N–H and O–H groups in total. The maximum Gasteiger partial charge on any atom is 0.271 e. The van der Waals surface area contributed by atoms with Gasteiger partial charge < -0.3 is 4.74 Å². The third-order valence-corrected chi connectivity index (χ3v) is 3.98. The first-order valence-electron chi connectivity index (χ1n) is 6.02. The topological polar surface area (TPSA) is 50.7 Å². The summed E-state index contributed by atoms with van der Waals surface area (Å²) in [7, 11) is 1.63. The van der Waals surface area contributed by atoms with Crippen LogP contribution in [0, 0.1) is 3.57 Å². The normalized spacial score (nSPS) is 10.6. The summed E-state index contributed by atoms with van der Waals surface area (Å²) in [5.74, 6) is 0.557. The number of hydrogen-bond acceptors (Lipinski definition) is 3. The van der Waals surface area contributed by atoms with E-state index in [0.29, 0.717) is 5.56 Å². The van der Waals surface area contributed by atoms with Crippen LogP contribution in [0.3, 0.4) is 0 Å². The Bertz CT molecular complexity index is 689. The van der Waals surface area contributed by atoms with Crippen LogP contribution >= 0.6 is 38.5 Å². The number of benzene rings is 2. The van der Waals surface area contributed by atoms with Gasteiger partial charge in [-0.2, -0.15) is 5.10 Å². The minimum atomic E-state index is -0.254. The van der Waals surface area contributed by atoms with Crippen molar-refractivity contribution in [3.63, 3.8) is 0 Å². The molecule has 2 aromatic rings. The molecule has 2 rings (SSSR count). The van der Waals surface area contributed by atoms with Gasteiger partial charge in [-0.1, -0.05) is 22.0 Å². The van der Waals surface area contributed by atoms with Gasteiger partial charge in [0.2, 0.25) is 0 Å². The number of methoxy groups -OCH3 is 1. The molecule has 21 heavy (non-hydrogen) atoms. The standard InChI is InChI=1S/C15H12BrIN2O2/c1-21-14-6-5-10(7-13(14)17)9-18-19-15(20)11-3-2-4-12(16)8-11/h2-9H,1H3,(H,19,20)/b18-9-. The van der Waals surface area contributed by atoms with E-state index in [2.05, 4.69) is 49.0 Å². The molecule has 0 unspecified atom stereocenters. The quantitative estimate of drug-likeness (QED) is 0.430. The van der Waals surface area contributed by atoms with Gasteiger partial charge in [-0.05, 0) is 64.6 Å². The van der Waals surface area contributed by atoms with Crippen molar-refractivity contribution in [2.75, 3.05) is 7.11 Å². The molecule has 0 atom stereocenters. The molecule has 0 saturated carbocycles. The van der Waals surface area contributed by atoms with Gasteiger partial charge in [-0.25, -0.2) is 5.43 Å². The van der Waals surface area contributed by atoms with E-state index in [0.717, 1.165) is 19.4 Å². The number of nitrogens with zero attached hydrogens (tertiary/aromatic N) is 1. The van der Waals surface area contributed by atoms with Crippen molar-refractivity contribution in [3.05, 3.63) is 61.6 Å². The average molecular weight is 459 g/mol. The summed E-state index contributed by atoms with van der Waals surface area (Å²) >= 11 is 5.51. The van der Waals surface area contributed by atoms with Gasteiger partial charge >= 0.3 is 0 Å². The maximum absolute atomic E-state index is 11.9. The van der Waals surface area contributed by atoms with E-state index in [-0.39, 0.29) is 5.91 Å². The number of rotatable bonds is 4. The minimum absolute atomic E-state index is 0.254. The maximum atomic E-state index is 11.9. The molecule has 0 bridgehead atoms. The number of carbonyl (C=O) groups is 1. The van der Waals surface area contributed by atoms with Gasteiger partial charge in [0.1, 0.15) is 5.75 Å². The summed E-state index contributed by atoms with van der Waals surface area (Å²) in [5.41, 5.74) is 3.93. The molecule has 0 spiro atoms. The van der Waals surface area contributed by atoms with Crippen LogP contribution in [0.15, 0.2) is 52.0 Å². The summed E-state index contributed by atoms with van der Waals surface area (Å²) in [4.78, 5) is 11.9. The number of carbonyl (C=O) groups excluding carboxylic acids is 1. The van der Waals surface area contributed by atoms with Crippen LogP contribution in [0.5, 0.6) is 5.75 Å². The Morgan fingerprint density at radius 2 is 2.14 bits per heavy atom. The zero-order chi connectivity index (χ0) is 15.2. The number of hydrogen-bond donors (Lipinski definition) is 1. The lowest BCUT2D eigenvalue weighted by Crippen LogP contribution is -2.17. The highest BCUT2D eigenvalue weighted by Crippen LogP contribution is 2.20. The Hall–Kier alpha value is -1.41. The highest BCUT2D eigenvalue weighted by atomic mass is 127. The first-order valence-corrected chi connectivity index (χ1v) is 7.90. The lowest BCUT2D eigenvalue weighted by atomic mass is 10.2. The first kappa shape index (κ1) is 16.0. The van der Waals surface area contributed by atoms with Gasteiger partial charge in [-0.3, -0.25) is 4.79 Å². The molecule has 6 heteroatoms. The van der Waals surface area contributed by atoms with Crippen molar-refractivity contribution < 1.29 is 9.53 Å². The molecule has 0 fully saturated rings. The highest BCUT2D eigenvalue weighted by molar-refractivity contribution is 14.1. The smallest absolute Gasteiger partial charge is 0.271 e. The second-order valence-corrected chi connectivity index (χ2v) is 6.18. The fraction of sp³-hybridized carbons (Fsp3) is 0.0667. The number of amides is 1. The molecule has 0 radical (unpaired) electrons. The Balaban J connectivity index is 2.02. The SMILES string of the molecule is COc1ccc(/C=N\NC(=O)c2cccc(Br)c2)cc1I. The van der Waals surface area contributed by atoms with E-state index in [9.17, 15) is 4.79 Å². The van der Waals surface area contributed by atoms with E-state index in [1.807, 2.05) is 24.3 Å². The van der Waals surface area contributed by atoms with Gasteiger partial charge in [-0.15, -0.1) is 0 Å². The van der Waals surface area contributed by atoms with Crippen LogP contribution in [0.4, 0.5) is 0 Å². The average Bonchev–Trinajstić information content (AvgIpc) is 2.47. The largest absolute Gasteiger partial charge is 0.496 e. The van der Waals surface area contributed by atoms with Crippen LogP contribution in [-0.2, 0) is 0 Å². The Kier molecular flexibility index (Phi) is 5.75. The number of hydrazone groups is 1. The molecule has 1 amide bonds. The molecular weight excluding hydrogens is 447 g/mol. The van der Waals surface area contributed by atoms with Crippen molar-refractivity contribution in [1.82, 2.24) is 5.43 Å². The van der Waals surface area contributed by atoms with Crippen molar-refractivity contribution in [2.45, 2.75) is 0 Å². The van der Waals surface area contributed by atoms with E-state index < -0.39 is 0 Å². The lowest BCUT2D eigenvalue weighted by Gasteiger charge is -2.03. The third-order valence-electron chi connectivity index (χ3n) is 2.64. The van der Waals surface area contributed by atoms with Gasteiger partial charge in [0.15, 0.2) is 0 Å². The second-order valence-electron chi connectivity index (χ2n) is 4.10. The van der Waals surface area contributed by atoms with Crippen LogP contribution in [-0.4, -0.2) is 19.2 Å².